The molecular weight excluding hydrogens is 206 g/mol. The van der Waals surface area contributed by atoms with E-state index in [1.807, 2.05) is 0 Å². The summed E-state index contributed by atoms with van der Waals surface area (Å²) in [6.45, 7) is -1.87. The van der Waals surface area contributed by atoms with Crippen LogP contribution in [-0.4, -0.2) is 41.2 Å². The zero-order valence-electron chi connectivity index (χ0n) is 8.17. The van der Waals surface area contributed by atoms with Gasteiger partial charge in [0.25, 0.3) is 5.92 Å². The highest BCUT2D eigenvalue weighted by atomic mass is 19.3. The van der Waals surface area contributed by atoms with E-state index in [0.29, 0.717) is 5.82 Å². The summed E-state index contributed by atoms with van der Waals surface area (Å²) in [5, 5.41) is 13.4. The normalized spacial score (nSPS) is 11.2. The van der Waals surface area contributed by atoms with E-state index in [1.165, 1.54) is 12.4 Å². The average Bonchev–Trinajstić information content (AvgIpc) is 2.27. The second-order valence-corrected chi connectivity index (χ2v) is 2.91. The molecule has 0 unspecified atom stereocenters. The van der Waals surface area contributed by atoms with E-state index in [2.05, 4.69) is 20.6 Å². The van der Waals surface area contributed by atoms with Gasteiger partial charge in [-0.15, -0.1) is 0 Å². The van der Waals surface area contributed by atoms with Crippen molar-refractivity contribution in [1.82, 2.24) is 9.97 Å². The molecule has 15 heavy (non-hydrogen) atoms. The van der Waals surface area contributed by atoms with Crippen molar-refractivity contribution >= 4 is 11.6 Å². The number of nitrogens with one attached hydrogen (secondary N) is 2. The Kier molecular flexibility index (Phi) is 3.73. The van der Waals surface area contributed by atoms with Gasteiger partial charge in [-0.25, -0.2) is 13.8 Å². The van der Waals surface area contributed by atoms with Crippen LogP contribution in [0.25, 0.3) is 0 Å². The molecule has 0 saturated heterocycles. The van der Waals surface area contributed by atoms with Gasteiger partial charge in [-0.05, 0) is 0 Å². The number of halogens is 2. The highest BCUT2D eigenvalue weighted by molar-refractivity contribution is 5.41. The maximum atomic E-state index is 12.6. The number of aliphatic hydroxyl groups excluding tert-OH is 1. The minimum atomic E-state index is -3.16. The van der Waals surface area contributed by atoms with Crippen LogP contribution in [0.5, 0.6) is 0 Å². The number of rotatable bonds is 5. The van der Waals surface area contributed by atoms with Crippen molar-refractivity contribution in [3.63, 3.8) is 0 Å². The maximum absolute atomic E-state index is 12.6. The molecule has 7 heteroatoms. The largest absolute Gasteiger partial charge is 0.390 e. The van der Waals surface area contributed by atoms with Crippen molar-refractivity contribution in [2.24, 2.45) is 0 Å². The van der Waals surface area contributed by atoms with Crippen LogP contribution in [0.3, 0.4) is 0 Å². The van der Waals surface area contributed by atoms with Gasteiger partial charge in [-0.1, -0.05) is 0 Å². The zero-order chi connectivity index (χ0) is 11.3. The molecule has 0 spiro atoms. The van der Waals surface area contributed by atoms with Crippen molar-refractivity contribution in [3.05, 3.63) is 12.4 Å². The van der Waals surface area contributed by atoms with Gasteiger partial charge in [0, 0.05) is 7.05 Å². The topological polar surface area (TPSA) is 70.1 Å². The summed E-state index contributed by atoms with van der Waals surface area (Å²) in [5.41, 5.74) is 0. The number of aromatic nitrogens is 2. The first-order chi connectivity index (χ1) is 7.07. The second kappa shape index (κ2) is 4.83. The van der Waals surface area contributed by atoms with Crippen LogP contribution in [0.2, 0.25) is 0 Å². The molecule has 0 aliphatic rings. The lowest BCUT2D eigenvalue weighted by Gasteiger charge is -2.14. The molecule has 84 valence electrons. The quantitative estimate of drug-likeness (QED) is 0.673. The lowest BCUT2D eigenvalue weighted by molar-refractivity contribution is -0.0373. The van der Waals surface area contributed by atoms with Crippen LogP contribution in [0.1, 0.15) is 0 Å². The van der Waals surface area contributed by atoms with Crippen molar-refractivity contribution in [1.29, 1.82) is 0 Å². The lowest BCUT2D eigenvalue weighted by Crippen LogP contribution is -2.31. The highest BCUT2D eigenvalue weighted by Crippen LogP contribution is 2.13. The summed E-state index contributed by atoms with van der Waals surface area (Å²) in [6, 6.07) is 0. The summed E-state index contributed by atoms with van der Waals surface area (Å²) in [6.07, 6.45) is 2.80. The molecule has 0 saturated carbocycles. The Labute approximate surface area is 85.6 Å². The van der Waals surface area contributed by atoms with Crippen LogP contribution in [-0.2, 0) is 0 Å². The predicted octanol–water partition coefficient (Wildman–Crippen LogP) is 0.558. The monoisotopic (exact) mass is 218 g/mol. The van der Waals surface area contributed by atoms with Gasteiger partial charge in [-0.3, -0.25) is 4.98 Å². The van der Waals surface area contributed by atoms with E-state index in [-0.39, 0.29) is 5.82 Å². The SMILES string of the molecule is CNc1cncc(NCC(F)(F)CO)n1. The molecular formula is C8H12F2N4O. The van der Waals surface area contributed by atoms with E-state index < -0.39 is 19.1 Å². The number of anilines is 2. The van der Waals surface area contributed by atoms with Gasteiger partial charge in [0.2, 0.25) is 0 Å². The molecule has 1 aromatic heterocycles. The van der Waals surface area contributed by atoms with Crippen LogP contribution in [0.4, 0.5) is 20.4 Å². The summed E-state index contributed by atoms with van der Waals surface area (Å²) in [7, 11) is 1.65. The Morgan fingerprint density at radius 2 is 2.07 bits per heavy atom. The van der Waals surface area contributed by atoms with Crippen LogP contribution < -0.4 is 10.6 Å². The number of hydrogen-bond acceptors (Lipinski definition) is 5. The summed E-state index contributed by atoms with van der Waals surface area (Å²) in [4.78, 5) is 7.72. The molecule has 1 rings (SSSR count). The molecule has 0 radical (unpaired) electrons. The predicted molar refractivity (Wildman–Crippen MR) is 52.1 cm³/mol. The van der Waals surface area contributed by atoms with E-state index in [0.717, 1.165) is 0 Å². The minimum absolute atomic E-state index is 0.231. The molecule has 0 aliphatic carbocycles. The van der Waals surface area contributed by atoms with Crippen molar-refractivity contribution in [2.45, 2.75) is 5.92 Å². The number of hydrogen-bond donors (Lipinski definition) is 3. The van der Waals surface area contributed by atoms with Crippen LogP contribution >= 0.6 is 0 Å². The van der Waals surface area contributed by atoms with Crippen LogP contribution in [0, 0.1) is 0 Å². The lowest BCUT2D eigenvalue weighted by atomic mass is 10.3. The standard InChI is InChI=1S/C8H12F2N4O/c1-11-6-2-12-3-7(14-6)13-4-8(9,10)5-15/h2-3,15H,4-5H2,1H3,(H2,11,13,14). The van der Waals surface area contributed by atoms with E-state index >= 15 is 0 Å². The van der Waals surface area contributed by atoms with Gasteiger partial charge in [0.1, 0.15) is 18.2 Å². The Balaban J connectivity index is 2.57. The van der Waals surface area contributed by atoms with E-state index in [1.54, 1.807) is 7.05 Å². The Morgan fingerprint density at radius 3 is 2.67 bits per heavy atom. The van der Waals surface area contributed by atoms with Gasteiger partial charge < -0.3 is 15.7 Å². The molecule has 5 nitrogen and oxygen atoms in total. The molecule has 0 bridgehead atoms. The Morgan fingerprint density at radius 1 is 1.40 bits per heavy atom. The smallest absolute Gasteiger partial charge is 0.287 e. The fourth-order valence-electron chi connectivity index (χ4n) is 0.847. The average molecular weight is 218 g/mol. The molecule has 1 heterocycles. The second-order valence-electron chi connectivity index (χ2n) is 2.91. The van der Waals surface area contributed by atoms with Gasteiger partial charge in [0.05, 0.1) is 18.9 Å². The van der Waals surface area contributed by atoms with Gasteiger partial charge in [-0.2, -0.15) is 0 Å². The van der Waals surface area contributed by atoms with Crippen molar-refractivity contribution in [3.8, 4) is 0 Å². The van der Waals surface area contributed by atoms with Gasteiger partial charge in [0.15, 0.2) is 0 Å². The maximum Gasteiger partial charge on any atom is 0.287 e. The van der Waals surface area contributed by atoms with E-state index in [4.69, 9.17) is 5.11 Å². The first-order valence-electron chi connectivity index (χ1n) is 4.30. The van der Waals surface area contributed by atoms with Crippen molar-refractivity contribution in [2.75, 3.05) is 30.8 Å². The van der Waals surface area contributed by atoms with Crippen molar-refractivity contribution < 1.29 is 13.9 Å². The molecule has 0 fully saturated rings. The third-order valence-electron chi connectivity index (χ3n) is 1.65. The number of aliphatic hydroxyl groups is 1. The number of nitrogens with zero attached hydrogens (tertiary/aromatic N) is 2. The third kappa shape index (κ3) is 3.62. The Bertz CT molecular complexity index is 321. The fraction of sp³-hybridized carbons (Fsp3) is 0.500. The highest BCUT2D eigenvalue weighted by Gasteiger charge is 2.27. The molecule has 0 aliphatic heterocycles. The minimum Gasteiger partial charge on any atom is -0.390 e. The molecule has 0 amide bonds. The zero-order valence-corrected chi connectivity index (χ0v) is 8.17. The third-order valence-corrected chi connectivity index (χ3v) is 1.65. The van der Waals surface area contributed by atoms with Crippen LogP contribution in [0.15, 0.2) is 12.4 Å². The molecule has 3 N–H and O–H groups in total. The first-order valence-corrected chi connectivity index (χ1v) is 4.30. The Hall–Kier alpha value is -1.50. The number of alkyl halides is 2. The summed E-state index contributed by atoms with van der Waals surface area (Å²) >= 11 is 0. The first kappa shape index (κ1) is 11.6. The summed E-state index contributed by atoms with van der Waals surface area (Å²) in [5.74, 6) is -2.44. The van der Waals surface area contributed by atoms with E-state index in [9.17, 15) is 8.78 Å². The molecule has 1 aromatic rings. The van der Waals surface area contributed by atoms with Gasteiger partial charge >= 0.3 is 0 Å². The molecule has 0 aromatic carbocycles. The molecule has 0 atom stereocenters. The fourth-order valence-corrected chi connectivity index (χ4v) is 0.847. The summed E-state index contributed by atoms with van der Waals surface area (Å²) < 4.78 is 25.3.